The summed E-state index contributed by atoms with van der Waals surface area (Å²) in [4.78, 5) is 37.7. The molecule has 8 nitrogen and oxygen atoms in total. The van der Waals surface area contributed by atoms with Crippen molar-refractivity contribution in [2.24, 2.45) is 0 Å². The van der Waals surface area contributed by atoms with Crippen molar-refractivity contribution in [2.75, 3.05) is 13.1 Å². The minimum absolute atomic E-state index is 0.0174. The van der Waals surface area contributed by atoms with E-state index in [0.29, 0.717) is 36.3 Å². The van der Waals surface area contributed by atoms with Crippen molar-refractivity contribution in [3.8, 4) is 0 Å². The molecule has 0 aliphatic heterocycles. The van der Waals surface area contributed by atoms with Crippen molar-refractivity contribution in [2.45, 2.75) is 13.3 Å². The van der Waals surface area contributed by atoms with Gasteiger partial charge in [-0.3, -0.25) is 19.7 Å². The molecule has 0 aliphatic rings. The molecule has 3 aromatic rings. The Bertz CT molecular complexity index is 1010. The molecule has 0 atom stereocenters. The number of carbonyl (C=O) groups excluding carboxylic acids is 2. The minimum Gasteiger partial charge on any atom is -0.352 e. The first-order valence-corrected chi connectivity index (χ1v) is 8.85. The molecule has 3 rings (SSSR count). The Morgan fingerprint density at radius 3 is 2.43 bits per heavy atom. The van der Waals surface area contributed by atoms with E-state index < -0.39 is 4.92 Å². The molecule has 0 bridgehead atoms. The van der Waals surface area contributed by atoms with E-state index in [-0.39, 0.29) is 17.5 Å². The molecule has 2 amide bonds. The van der Waals surface area contributed by atoms with Gasteiger partial charge in [-0.05, 0) is 37.6 Å². The van der Waals surface area contributed by atoms with Crippen LogP contribution in [0.4, 0.5) is 5.69 Å². The number of aromatic nitrogens is 1. The number of nitro benzene ring substituents is 1. The van der Waals surface area contributed by atoms with Crippen LogP contribution in [0.3, 0.4) is 0 Å². The van der Waals surface area contributed by atoms with Crippen LogP contribution in [0.15, 0.2) is 48.5 Å². The van der Waals surface area contributed by atoms with Gasteiger partial charge in [-0.25, -0.2) is 0 Å². The topological polar surface area (TPSA) is 117 Å². The van der Waals surface area contributed by atoms with Crippen molar-refractivity contribution in [3.63, 3.8) is 0 Å². The van der Waals surface area contributed by atoms with Crippen LogP contribution in [0.25, 0.3) is 10.9 Å². The number of nitro groups is 1. The van der Waals surface area contributed by atoms with Crippen LogP contribution in [0.1, 0.15) is 32.8 Å². The monoisotopic (exact) mass is 380 g/mol. The highest BCUT2D eigenvalue weighted by molar-refractivity contribution is 5.98. The number of benzene rings is 2. The van der Waals surface area contributed by atoms with Crippen molar-refractivity contribution in [1.82, 2.24) is 15.6 Å². The van der Waals surface area contributed by atoms with E-state index in [1.165, 1.54) is 18.2 Å². The summed E-state index contributed by atoms with van der Waals surface area (Å²) in [5.74, 6) is -0.506. The molecule has 0 saturated carbocycles. The highest BCUT2D eigenvalue weighted by Crippen LogP contribution is 2.18. The Morgan fingerprint density at radius 2 is 1.75 bits per heavy atom. The van der Waals surface area contributed by atoms with E-state index in [9.17, 15) is 19.7 Å². The number of rotatable bonds is 7. The van der Waals surface area contributed by atoms with Crippen LogP contribution >= 0.6 is 0 Å². The number of aryl methyl sites for hydroxylation is 1. The summed E-state index contributed by atoms with van der Waals surface area (Å²) in [6.07, 6.45) is 0.559. The first kappa shape index (κ1) is 19.1. The first-order valence-electron chi connectivity index (χ1n) is 8.85. The Kier molecular flexibility index (Phi) is 5.69. The zero-order chi connectivity index (χ0) is 20.1. The second-order valence-electron chi connectivity index (χ2n) is 6.39. The molecule has 8 heteroatoms. The molecule has 0 fully saturated rings. The van der Waals surface area contributed by atoms with Crippen molar-refractivity contribution < 1.29 is 14.5 Å². The SMILES string of the molecule is Cc1cc(C(=O)NCCCNC(=O)c2cc3ccccc3[nH]2)ccc1[N+](=O)[O-]. The zero-order valence-electron chi connectivity index (χ0n) is 15.3. The number of nitrogens with one attached hydrogen (secondary N) is 3. The molecule has 0 radical (unpaired) electrons. The van der Waals surface area contributed by atoms with Gasteiger partial charge in [0.15, 0.2) is 0 Å². The van der Waals surface area contributed by atoms with Gasteiger partial charge in [-0.15, -0.1) is 0 Å². The van der Waals surface area contributed by atoms with Gasteiger partial charge in [0, 0.05) is 41.2 Å². The van der Waals surface area contributed by atoms with Gasteiger partial charge in [0.05, 0.1) is 4.92 Å². The van der Waals surface area contributed by atoms with Crippen LogP contribution in [0.2, 0.25) is 0 Å². The Balaban J connectivity index is 1.44. The minimum atomic E-state index is -0.479. The summed E-state index contributed by atoms with van der Waals surface area (Å²) in [6, 6.07) is 13.7. The fourth-order valence-electron chi connectivity index (χ4n) is 2.89. The van der Waals surface area contributed by atoms with E-state index >= 15 is 0 Å². The molecule has 0 saturated heterocycles. The molecule has 0 spiro atoms. The highest BCUT2D eigenvalue weighted by atomic mass is 16.6. The van der Waals surface area contributed by atoms with Gasteiger partial charge in [0.25, 0.3) is 17.5 Å². The predicted molar refractivity (Wildman–Crippen MR) is 105 cm³/mol. The number of fused-ring (bicyclic) bond motifs is 1. The second-order valence-corrected chi connectivity index (χ2v) is 6.39. The summed E-state index contributed by atoms with van der Waals surface area (Å²) in [6.45, 7) is 2.38. The largest absolute Gasteiger partial charge is 0.352 e. The molecule has 1 heterocycles. The number of hydrogen-bond donors (Lipinski definition) is 3. The van der Waals surface area contributed by atoms with Gasteiger partial charge in [-0.1, -0.05) is 18.2 Å². The lowest BCUT2D eigenvalue weighted by molar-refractivity contribution is -0.385. The van der Waals surface area contributed by atoms with E-state index in [2.05, 4.69) is 15.6 Å². The van der Waals surface area contributed by atoms with Gasteiger partial charge < -0.3 is 15.6 Å². The van der Waals surface area contributed by atoms with Crippen LogP contribution in [-0.2, 0) is 0 Å². The van der Waals surface area contributed by atoms with Crippen molar-refractivity contribution >= 4 is 28.4 Å². The maximum absolute atomic E-state index is 12.2. The van der Waals surface area contributed by atoms with Gasteiger partial charge in [0.2, 0.25) is 0 Å². The Morgan fingerprint density at radius 1 is 1.04 bits per heavy atom. The fourth-order valence-corrected chi connectivity index (χ4v) is 2.89. The van der Waals surface area contributed by atoms with Crippen LogP contribution in [0.5, 0.6) is 0 Å². The van der Waals surface area contributed by atoms with Crippen LogP contribution in [0, 0.1) is 17.0 Å². The predicted octanol–water partition coefficient (Wildman–Crippen LogP) is 2.93. The van der Waals surface area contributed by atoms with E-state index in [0.717, 1.165) is 10.9 Å². The zero-order valence-corrected chi connectivity index (χ0v) is 15.3. The van der Waals surface area contributed by atoms with Crippen molar-refractivity contribution in [3.05, 3.63) is 75.5 Å². The number of aromatic amines is 1. The molecule has 0 unspecified atom stereocenters. The van der Waals surface area contributed by atoms with Gasteiger partial charge in [0.1, 0.15) is 5.69 Å². The lowest BCUT2D eigenvalue weighted by Gasteiger charge is -2.07. The molecular weight excluding hydrogens is 360 g/mol. The summed E-state index contributed by atoms with van der Waals surface area (Å²) in [5.41, 5.74) is 2.18. The van der Waals surface area contributed by atoms with E-state index in [1.54, 1.807) is 13.0 Å². The summed E-state index contributed by atoms with van der Waals surface area (Å²) >= 11 is 0. The highest BCUT2D eigenvalue weighted by Gasteiger charge is 2.13. The molecule has 144 valence electrons. The Labute approximate surface area is 161 Å². The second kappa shape index (κ2) is 8.34. The van der Waals surface area contributed by atoms with E-state index in [1.807, 2.05) is 24.3 Å². The third-order valence-electron chi connectivity index (χ3n) is 4.35. The quantitative estimate of drug-likeness (QED) is 0.332. The first-order chi connectivity index (χ1) is 13.5. The maximum atomic E-state index is 12.2. The number of hydrogen-bond acceptors (Lipinski definition) is 4. The fraction of sp³-hybridized carbons (Fsp3) is 0.200. The van der Waals surface area contributed by atoms with E-state index in [4.69, 9.17) is 0 Å². The molecule has 28 heavy (non-hydrogen) atoms. The third kappa shape index (κ3) is 4.35. The molecule has 2 aromatic carbocycles. The molecule has 1 aromatic heterocycles. The molecule has 3 N–H and O–H groups in total. The summed E-state index contributed by atoms with van der Waals surface area (Å²) < 4.78 is 0. The molecule has 0 aliphatic carbocycles. The number of para-hydroxylation sites is 1. The lowest BCUT2D eigenvalue weighted by Crippen LogP contribution is -2.30. The maximum Gasteiger partial charge on any atom is 0.272 e. The van der Waals surface area contributed by atoms with Crippen LogP contribution < -0.4 is 10.6 Å². The number of nitrogens with zero attached hydrogens (tertiary/aromatic N) is 1. The lowest BCUT2D eigenvalue weighted by atomic mass is 10.1. The average Bonchev–Trinajstić information content (AvgIpc) is 3.11. The number of H-pyrrole nitrogens is 1. The standard InChI is InChI=1S/C20H20N4O4/c1-13-11-15(7-8-18(13)24(27)28)19(25)21-9-4-10-22-20(26)17-12-14-5-2-3-6-16(14)23-17/h2-3,5-8,11-12,23H,4,9-10H2,1H3,(H,21,25)(H,22,26). The third-order valence-corrected chi connectivity index (χ3v) is 4.35. The number of carbonyl (C=O) groups is 2. The molecular formula is C20H20N4O4. The van der Waals surface area contributed by atoms with Crippen molar-refractivity contribution in [1.29, 1.82) is 0 Å². The van der Waals surface area contributed by atoms with Crippen LogP contribution in [-0.4, -0.2) is 34.8 Å². The average molecular weight is 380 g/mol. The smallest absolute Gasteiger partial charge is 0.272 e. The Hall–Kier alpha value is -3.68. The van der Waals surface area contributed by atoms with Gasteiger partial charge >= 0.3 is 0 Å². The normalized spacial score (nSPS) is 10.6. The summed E-state index contributed by atoms with van der Waals surface area (Å²) in [7, 11) is 0. The number of amides is 2. The van der Waals surface area contributed by atoms with Gasteiger partial charge in [-0.2, -0.15) is 0 Å². The summed E-state index contributed by atoms with van der Waals surface area (Å²) in [5, 5.41) is 17.3.